The summed E-state index contributed by atoms with van der Waals surface area (Å²) in [5, 5.41) is 22.7. The molecular weight excluding hydrogens is 849 g/mol. The van der Waals surface area contributed by atoms with E-state index in [-0.39, 0.29) is 47.2 Å². The van der Waals surface area contributed by atoms with E-state index in [0.717, 1.165) is 17.3 Å². The van der Waals surface area contributed by atoms with Crippen LogP contribution in [0.25, 0.3) is 16.8 Å². The molecule has 58 heavy (non-hydrogen) atoms. The first-order valence-electron chi connectivity index (χ1n) is 16.7. The van der Waals surface area contributed by atoms with Gasteiger partial charge in [0.25, 0.3) is 12.4 Å². The molecule has 5 rings (SSSR count). The molecule has 316 valence electrons. The van der Waals surface area contributed by atoms with Gasteiger partial charge in [-0.1, -0.05) is 29.3 Å². The third-order valence-electron chi connectivity index (χ3n) is 9.00. The number of benzene rings is 2. The van der Waals surface area contributed by atoms with Crippen molar-refractivity contribution in [3.05, 3.63) is 63.9 Å². The molecule has 1 aromatic heterocycles. The van der Waals surface area contributed by atoms with Gasteiger partial charge in [0.05, 0.1) is 39.9 Å². The summed E-state index contributed by atoms with van der Waals surface area (Å²) in [6, 6.07) is 5.06. The number of nitrogens with zero attached hydrogens (tertiary/aromatic N) is 4. The van der Waals surface area contributed by atoms with Gasteiger partial charge in [-0.15, -0.1) is 13.2 Å². The van der Waals surface area contributed by atoms with Gasteiger partial charge in [0.2, 0.25) is 0 Å². The Bertz CT molecular complexity index is 2090. The summed E-state index contributed by atoms with van der Waals surface area (Å²) in [5.74, 6) is -3.21. The molecule has 23 heteroatoms. The Hall–Kier alpha value is -4.36. The molecule has 1 atom stereocenters. The Morgan fingerprint density at radius 3 is 2.07 bits per heavy atom. The third kappa shape index (κ3) is 9.25. The number of amides is 1. The maximum atomic E-state index is 14.9. The summed E-state index contributed by atoms with van der Waals surface area (Å²) in [4.78, 5) is 27.5. The van der Waals surface area contributed by atoms with Crippen LogP contribution in [-0.4, -0.2) is 81.3 Å². The van der Waals surface area contributed by atoms with E-state index in [0.29, 0.717) is 17.5 Å². The Morgan fingerprint density at radius 2 is 1.55 bits per heavy atom. The van der Waals surface area contributed by atoms with Crippen molar-refractivity contribution in [2.24, 2.45) is 5.41 Å². The number of halogens is 12. The minimum absolute atomic E-state index is 0.0405. The molecule has 11 nitrogen and oxygen atoms in total. The molecule has 2 saturated carbocycles. The normalized spacial score (nSPS) is 16.9. The summed E-state index contributed by atoms with van der Waals surface area (Å²) >= 11 is 12.3. The second kappa shape index (κ2) is 15.3. The topological polar surface area (TPSA) is 136 Å². The van der Waals surface area contributed by atoms with Crippen LogP contribution in [-0.2, 0) is 24.7 Å². The smallest absolute Gasteiger partial charge is 0.459 e. The number of aromatic nitrogens is 2. The highest BCUT2D eigenvalue weighted by atomic mass is 35.5. The lowest BCUT2D eigenvalue weighted by molar-refractivity contribution is -0.348. The Kier molecular flexibility index (Phi) is 11.8. The Labute approximate surface area is 331 Å². The van der Waals surface area contributed by atoms with Gasteiger partial charge in [-0.3, -0.25) is 14.5 Å². The zero-order valence-corrected chi connectivity index (χ0v) is 31.6. The number of ether oxygens (including phenoxy) is 4. The van der Waals surface area contributed by atoms with Crippen LogP contribution in [0.3, 0.4) is 0 Å². The fourth-order valence-electron chi connectivity index (χ4n) is 5.59. The maximum absolute atomic E-state index is 14.9. The van der Waals surface area contributed by atoms with Gasteiger partial charge >= 0.3 is 30.4 Å². The first kappa shape index (κ1) is 44.7. The van der Waals surface area contributed by atoms with E-state index >= 15 is 0 Å². The van der Waals surface area contributed by atoms with Crippen molar-refractivity contribution in [3.8, 4) is 28.6 Å². The van der Waals surface area contributed by atoms with Crippen LogP contribution in [0.15, 0.2) is 42.7 Å². The van der Waals surface area contributed by atoms with Gasteiger partial charge in [-0.2, -0.15) is 36.7 Å². The number of nitriles is 1. The molecule has 2 fully saturated rings. The van der Waals surface area contributed by atoms with E-state index in [1.54, 1.807) is 20.8 Å². The molecule has 2 aliphatic carbocycles. The van der Waals surface area contributed by atoms with Crippen LogP contribution in [0, 0.1) is 16.7 Å². The number of rotatable bonds is 13. The van der Waals surface area contributed by atoms with Crippen molar-refractivity contribution in [3.63, 3.8) is 0 Å². The first-order valence-corrected chi connectivity index (χ1v) is 17.5. The molecule has 0 aliphatic heterocycles. The number of hydrogen-bond donors (Lipinski definition) is 1. The molecule has 2 aliphatic rings. The number of aliphatic hydroxyl groups excluding tert-OH is 1. The van der Waals surface area contributed by atoms with Crippen molar-refractivity contribution >= 4 is 35.1 Å². The monoisotopic (exact) mass is 878 g/mol. The zero-order valence-electron chi connectivity index (χ0n) is 30.1. The maximum Gasteiger partial charge on any atom is 0.573 e. The SMILES string of the molecule is CC(C)(C)OC(=O)C1(COC(O)OCN(C(=O)c2cc(-c3cnn(-c4c(Cl)cc(C(F)(C(F)(F)F)C(F)(F)F)cc4OC(F)(F)F)c3)ccc2Cl)C2(C#N)CC2)CC1. The van der Waals surface area contributed by atoms with Gasteiger partial charge in [0.1, 0.15) is 23.6 Å². The quantitative estimate of drug-likeness (QED) is 0.101. The van der Waals surface area contributed by atoms with Gasteiger partial charge in [-0.05, 0) is 76.3 Å². The molecule has 0 radical (unpaired) electrons. The number of aliphatic hydroxyl groups is 1. The molecule has 0 saturated heterocycles. The van der Waals surface area contributed by atoms with E-state index in [1.807, 2.05) is 6.07 Å². The average molecular weight is 880 g/mol. The van der Waals surface area contributed by atoms with Crippen LogP contribution in [0.4, 0.5) is 43.9 Å². The summed E-state index contributed by atoms with van der Waals surface area (Å²) in [6.45, 7) is 2.09. The highest BCUT2D eigenvalue weighted by molar-refractivity contribution is 6.34. The second-order valence-corrected chi connectivity index (χ2v) is 15.3. The largest absolute Gasteiger partial charge is 0.573 e. The van der Waals surface area contributed by atoms with E-state index in [9.17, 15) is 63.9 Å². The molecule has 0 spiro atoms. The zero-order chi connectivity index (χ0) is 43.4. The molecule has 2 aromatic carbocycles. The van der Waals surface area contributed by atoms with Crippen LogP contribution in [0.5, 0.6) is 5.75 Å². The van der Waals surface area contributed by atoms with Crippen molar-refractivity contribution in [1.82, 2.24) is 14.7 Å². The lowest BCUT2D eigenvalue weighted by Gasteiger charge is -2.31. The van der Waals surface area contributed by atoms with E-state index in [1.165, 1.54) is 18.2 Å². The highest BCUT2D eigenvalue weighted by Gasteiger charge is 2.73. The Morgan fingerprint density at radius 1 is 0.931 bits per heavy atom. The van der Waals surface area contributed by atoms with Crippen LogP contribution < -0.4 is 4.74 Å². The molecule has 1 N–H and O–H groups in total. The van der Waals surface area contributed by atoms with E-state index in [4.69, 9.17) is 37.4 Å². The van der Waals surface area contributed by atoms with Crippen LogP contribution >= 0.6 is 23.2 Å². The lowest BCUT2D eigenvalue weighted by atomic mass is 9.93. The minimum atomic E-state index is -6.70. The fraction of sp³-hybridized carbons (Fsp3) is 0.486. The molecule has 0 bridgehead atoms. The van der Waals surface area contributed by atoms with Crippen molar-refractivity contribution < 1.29 is 77.5 Å². The van der Waals surface area contributed by atoms with Gasteiger partial charge < -0.3 is 24.1 Å². The summed E-state index contributed by atoms with van der Waals surface area (Å²) in [6.07, 6.45) is -16.0. The second-order valence-electron chi connectivity index (χ2n) is 14.4. The predicted molar refractivity (Wildman–Crippen MR) is 180 cm³/mol. The van der Waals surface area contributed by atoms with Gasteiger partial charge in [-0.25, -0.2) is 9.07 Å². The van der Waals surface area contributed by atoms with Gasteiger partial charge in [0, 0.05) is 17.3 Å². The fourth-order valence-corrected chi connectivity index (χ4v) is 6.09. The number of hydrogen-bond acceptors (Lipinski definition) is 9. The molecule has 3 aromatic rings. The minimum Gasteiger partial charge on any atom is -0.459 e. The highest BCUT2D eigenvalue weighted by Crippen LogP contribution is 2.55. The standard InChI is InChI=1S/C35H30Cl2F10N4O7/c1-29(2,3)58-27(53)30(6-7-30)16-55-28(54)56-17-50(31(15-48)8-9-31)26(52)21-10-18(4-5-22(21)36)19-13-49-51(14-19)25-23(37)11-20(12-24(25)57-35(45,46)47)32(38,33(39,40)41)34(42,43)44/h4-5,10-14,28,54H,6-9,16-17H2,1-3H3. The number of carbonyl (C=O) groups is 2. The van der Waals surface area contributed by atoms with E-state index < -0.39 is 94.1 Å². The Balaban J connectivity index is 1.42. The predicted octanol–water partition coefficient (Wildman–Crippen LogP) is 8.92. The lowest BCUT2D eigenvalue weighted by Crippen LogP contribution is -2.50. The third-order valence-corrected chi connectivity index (χ3v) is 9.62. The van der Waals surface area contributed by atoms with Crippen molar-refractivity contribution in [2.45, 2.75) is 88.5 Å². The van der Waals surface area contributed by atoms with Gasteiger partial charge in [0.15, 0.2) is 5.75 Å². The van der Waals surface area contributed by atoms with Crippen LogP contribution in [0.2, 0.25) is 10.0 Å². The number of alkyl halides is 10. The molecular formula is C35H30Cl2F10N4O7. The summed E-state index contributed by atoms with van der Waals surface area (Å²) < 4.78 is 156. The first-order chi connectivity index (χ1) is 26.6. The van der Waals surface area contributed by atoms with E-state index in [2.05, 4.69) is 9.84 Å². The summed E-state index contributed by atoms with van der Waals surface area (Å²) in [5.41, 5.74) is -13.0. The van der Waals surface area contributed by atoms with Crippen molar-refractivity contribution in [2.75, 3.05) is 13.3 Å². The molecule has 1 amide bonds. The average Bonchev–Trinajstić information content (AvgIpc) is 4.01. The molecule has 1 heterocycles. The number of esters is 1. The van der Waals surface area contributed by atoms with Crippen molar-refractivity contribution in [1.29, 1.82) is 5.26 Å². The van der Waals surface area contributed by atoms with Crippen LogP contribution in [0.1, 0.15) is 62.4 Å². The number of carbonyl (C=O) groups excluding carboxylic acids is 2. The summed E-state index contributed by atoms with van der Waals surface area (Å²) in [7, 11) is 0. The molecule has 1 unspecified atom stereocenters.